The number of nitrogens with two attached hydrogens (primary N) is 1. The zero-order chi connectivity index (χ0) is 13.9. The zero-order valence-electron chi connectivity index (χ0n) is 9.40. The molecule has 0 saturated carbocycles. The van der Waals surface area contributed by atoms with E-state index in [0.29, 0.717) is 4.88 Å². The van der Waals surface area contributed by atoms with Crippen LogP contribution in [0, 0.1) is 10.1 Å². The summed E-state index contributed by atoms with van der Waals surface area (Å²) in [7, 11) is 1.55. The summed E-state index contributed by atoms with van der Waals surface area (Å²) in [5.74, 6) is -1.02. The summed E-state index contributed by atoms with van der Waals surface area (Å²) in [6.07, 6.45) is 0. The van der Waals surface area contributed by atoms with Crippen LogP contribution in [-0.2, 0) is 4.79 Å². The van der Waals surface area contributed by atoms with Gasteiger partial charge in [-0.05, 0) is 13.1 Å². The van der Waals surface area contributed by atoms with Crippen LogP contribution in [0.4, 0.5) is 5.00 Å². The largest absolute Gasteiger partial charge is 0.480 e. The van der Waals surface area contributed by atoms with E-state index in [9.17, 15) is 14.9 Å². The van der Waals surface area contributed by atoms with Gasteiger partial charge in [-0.25, -0.2) is 0 Å². The van der Waals surface area contributed by atoms with Crippen molar-refractivity contribution in [1.29, 1.82) is 0 Å². The second-order valence-electron chi connectivity index (χ2n) is 3.55. The summed E-state index contributed by atoms with van der Waals surface area (Å²) >= 11 is 5.81. The molecular weight excluding hydrogens is 278 g/mol. The molecule has 0 aliphatic heterocycles. The maximum Gasteiger partial charge on any atom is 0.324 e. The summed E-state index contributed by atoms with van der Waals surface area (Å²) in [4.78, 5) is 22.8. The Morgan fingerprint density at radius 2 is 2.33 bits per heavy atom. The number of carbonyl (C=O) groups is 1. The van der Waals surface area contributed by atoms with Gasteiger partial charge in [0, 0.05) is 10.9 Å². The lowest BCUT2D eigenvalue weighted by atomic mass is 10.2. The van der Waals surface area contributed by atoms with Gasteiger partial charge in [-0.2, -0.15) is 0 Å². The molecule has 0 bridgehead atoms. The number of nitrogens with zero attached hydrogens (tertiary/aromatic N) is 2. The minimum absolute atomic E-state index is 0.0324. The Hall–Kier alpha value is -1.58. The second kappa shape index (κ2) is 5.85. The number of thiocarbonyl (C=S) groups is 1. The van der Waals surface area contributed by atoms with E-state index < -0.39 is 16.9 Å². The molecule has 0 aromatic carbocycles. The van der Waals surface area contributed by atoms with Crippen molar-refractivity contribution in [3.8, 4) is 0 Å². The fourth-order valence-corrected chi connectivity index (χ4v) is 2.85. The Kier molecular flexibility index (Phi) is 4.70. The molecule has 7 nitrogen and oxygen atoms in total. The van der Waals surface area contributed by atoms with E-state index in [1.165, 1.54) is 17.0 Å². The van der Waals surface area contributed by atoms with Crippen molar-refractivity contribution in [2.24, 2.45) is 5.73 Å². The normalized spacial score (nSPS) is 12.3. The molecule has 3 N–H and O–H groups in total. The highest BCUT2D eigenvalue weighted by molar-refractivity contribution is 7.80. The smallest absolute Gasteiger partial charge is 0.324 e. The van der Waals surface area contributed by atoms with Gasteiger partial charge in [0.25, 0.3) is 0 Å². The summed E-state index contributed by atoms with van der Waals surface area (Å²) in [6, 6.07) is 2.26. The summed E-state index contributed by atoms with van der Waals surface area (Å²) in [5, 5.41) is 19.3. The highest BCUT2D eigenvalue weighted by Crippen LogP contribution is 2.31. The highest BCUT2D eigenvalue weighted by Gasteiger charge is 2.25. The maximum atomic E-state index is 10.7. The van der Waals surface area contributed by atoms with Crippen LogP contribution in [0.1, 0.15) is 10.9 Å². The number of aliphatic carboxylic acids is 1. The molecule has 0 amide bonds. The molecule has 1 rings (SSSR count). The number of likely N-dealkylation sites (N-methyl/N-ethyl adjacent to an activating group) is 1. The minimum Gasteiger partial charge on any atom is -0.480 e. The van der Waals surface area contributed by atoms with Crippen molar-refractivity contribution in [3.63, 3.8) is 0 Å². The van der Waals surface area contributed by atoms with Crippen molar-refractivity contribution in [3.05, 3.63) is 27.1 Å². The van der Waals surface area contributed by atoms with Gasteiger partial charge in [0.1, 0.15) is 0 Å². The number of rotatable bonds is 6. The number of carboxylic acids is 1. The van der Waals surface area contributed by atoms with Crippen molar-refractivity contribution in [1.82, 2.24) is 4.90 Å². The van der Waals surface area contributed by atoms with Crippen molar-refractivity contribution < 1.29 is 14.8 Å². The van der Waals surface area contributed by atoms with Gasteiger partial charge in [0.05, 0.1) is 22.5 Å². The molecule has 0 fully saturated rings. The third-order valence-corrected chi connectivity index (χ3v) is 3.47. The number of hydrogen-bond donors (Lipinski definition) is 2. The molecule has 18 heavy (non-hydrogen) atoms. The monoisotopic (exact) mass is 289 g/mol. The first-order valence-electron chi connectivity index (χ1n) is 4.78. The van der Waals surface area contributed by atoms with Gasteiger partial charge in [-0.15, -0.1) is 0 Å². The number of nitro groups is 1. The first kappa shape index (κ1) is 14.5. The van der Waals surface area contributed by atoms with E-state index in [2.05, 4.69) is 0 Å². The van der Waals surface area contributed by atoms with E-state index in [1.807, 2.05) is 0 Å². The molecule has 1 aromatic rings. The third-order valence-electron chi connectivity index (χ3n) is 2.16. The Bertz CT molecular complexity index is 488. The molecular formula is C9H11N3O4S2. The minimum atomic E-state index is -1.02. The van der Waals surface area contributed by atoms with E-state index in [1.54, 1.807) is 7.05 Å². The molecule has 1 unspecified atom stereocenters. The predicted octanol–water partition coefficient (Wildman–Crippen LogP) is 1.000. The number of hydrogen-bond acceptors (Lipinski definition) is 6. The zero-order valence-corrected chi connectivity index (χ0v) is 11.0. The van der Waals surface area contributed by atoms with Gasteiger partial charge in [0.2, 0.25) is 0 Å². The first-order chi connectivity index (χ1) is 8.32. The Balaban J connectivity index is 3.00. The topological polar surface area (TPSA) is 110 Å². The van der Waals surface area contributed by atoms with Gasteiger partial charge in [0.15, 0.2) is 0 Å². The SMILES string of the molecule is CN(CC(=O)O)C(C(N)=S)c1ccc([N+](=O)[O-])s1. The lowest BCUT2D eigenvalue weighted by molar-refractivity contribution is -0.380. The van der Waals surface area contributed by atoms with E-state index in [0.717, 1.165) is 11.3 Å². The average Bonchev–Trinajstić information content (AvgIpc) is 2.64. The molecule has 1 aromatic heterocycles. The molecule has 0 radical (unpaired) electrons. The molecule has 1 atom stereocenters. The summed E-state index contributed by atoms with van der Waals surface area (Å²) < 4.78 is 0. The quantitative estimate of drug-likeness (QED) is 0.456. The first-order valence-corrected chi connectivity index (χ1v) is 6.01. The predicted molar refractivity (Wildman–Crippen MR) is 70.8 cm³/mol. The van der Waals surface area contributed by atoms with Crippen LogP contribution < -0.4 is 5.73 Å². The van der Waals surface area contributed by atoms with Crippen LogP contribution >= 0.6 is 23.6 Å². The van der Waals surface area contributed by atoms with Crippen molar-refractivity contribution in [2.45, 2.75) is 6.04 Å². The summed E-state index contributed by atoms with van der Waals surface area (Å²) in [5.41, 5.74) is 5.56. The molecule has 0 spiro atoms. The second-order valence-corrected chi connectivity index (χ2v) is 5.11. The van der Waals surface area contributed by atoms with Crippen LogP contribution in [0.15, 0.2) is 12.1 Å². The Morgan fingerprint density at radius 3 is 2.72 bits per heavy atom. The lowest BCUT2D eigenvalue weighted by Crippen LogP contribution is -2.36. The van der Waals surface area contributed by atoms with E-state index in [4.69, 9.17) is 23.1 Å². The van der Waals surface area contributed by atoms with Gasteiger partial charge >= 0.3 is 11.0 Å². The van der Waals surface area contributed by atoms with Gasteiger partial charge in [-0.1, -0.05) is 23.6 Å². The molecule has 0 aliphatic carbocycles. The van der Waals surface area contributed by atoms with Crippen LogP contribution in [0.2, 0.25) is 0 Å². The molecule has 9 heteroatoms. The molecule has 1 heterocycles. The molecule has 0 aliphatic rings. The van der Waals surface area contributed by atoms with Crippen molar-refractivity contribution in [2.75, 3.05) is 13.6 Å². The van der Waals surface area contributed by atoms with E-state index >= 15 is 0 Å². The van der Waals surface area contributed by atoms with Crippen LogP contribution in [-0.4, -0.2) is 39.5 Å². The number of thiophene rings is 1. The fraction of sp³-hybridized carbons (Fsp3) is 0.333. The average molecular weight is 289 g/mol. The maximum absolute atomic E-state index is 10.7. The van der Waals surface area contributed by atoms with Gasteiger partial charge in [-0.3, -0.25) is 19.8 Å². The fourth-order valence-electron chi connectivity index (χ4n) is 1.47. The van der Waals surface area contributed by atoms with Crippen LogP contribution in [0.5, 0.6) is 0 Å². The Morgan fingerprint density at radius 1 is 1.72 bits per heavy atom. The van der Waals surface area contributed by atoms with Crippen LogP contribution in [0.25, 0.3) is 0 Å². The van der Waals surface area contributed by atoms with Crippen molar-refractivity contribution >= 4 is 39.5 Å². The van der Waals surface area contributed by atoms with E-state index in [-0.39, 0.29) is 16.5 Å². The van der Waals surface area contributed by atoms with Crippen LogP contribution in [0.3, 0.4) is 0 Å². The number of carboxylic acid groups (broad SMARTS) is 1. The molecule has 0 saturated heterocycles. The third kappa shape index (κ3) is 3.45. The van der Waals surface area contributed by atoms with Gasteiger partial charge < -0.3 is 10.8 Å². The highest BCUT2D eigenvalue weighted by atomic mass is 32.1. The standard InChI is InChI=1S/C9H11N3O4S2/c1-11(4-7(13)14)8(9(10)17)5-2-3-6(18-5)12(15)16/h2-3,8H,4H2,1H3,(H2,10,17)(H,13,14). The Labute approximate surface area is 112 Å². The molecule has 98 valence electrons. The summed E-state index contributed by atoms with van der Waals surface area (Å²) in [6.45, 7) is -0.256. The lowest BCUT2D eigenvalue weighted by Gasteiger charge is -2.24.